The highest BCUT2D eigenvalue weighted by Crippen LogP contribution is 2.42. The predicted molar refractivity (Wildman–Crippen MR) is 128 cm³/mol. The van der Waals surface area contributed by atoms with Crippen molar-refractivity contribution in [2.75, 3.05) is 20.2 Å². The molecule has 8 nitrogen and oxygen atoms in total. The van der Waals surface area contributed by atoms with Crippen LogP contribution in [0.25, 0.3) is 11.6 Å². The van der Waals surface area contributed by atoms with Crippen LogP contribution in [0.1, 0.15) is 45.9 Å². The fourth-order valence-corrected chi connectivity index (χ4v) is 3.38. The Balaban J connectivity index is 0.00000320. The molecule has 9 heteroatoms. The SMILES string of the molecule is CCCCOC1CC(NC(=NC)NCCc2noc(-c3ccccn3)n2)C1(C)C.I. The number of aromatic nitrogens is 3. The van der Waals surface area contributed by atoms with Crippen LogP contribution in [0, 0.1) is 5.41 Å². The maximum atomic E-state index is 6.02. The lowest BCUT2D eigenvalue weighted by Gasteiger charge is -2.52. The van der Waals surface area contributed by atoms with Gasteiger partial charge in [-0.3, -0.25) is 9.98 Å². The van der Waals surface area contributed by atoms with Crippen molar-refractivity contribution in [3.63, 3.8) is 0 Å². The molecule has 2 aromatic heterocycles. The minimum atomic E-state index is 0. The summed E-state index contributed by atoms with van der Waals surface area (Å²) in [5.41, 5.74) is 0.760. The van der Waals surface area contributed by atoms with Gasteiger partial charge in [0.1, 0.15) is 5.69 Å². The molecule has 0 bridgehead atoms. The zero-order chi connectivity index (χ0) is 20.7. The predicted octanol–water partition coefficient (Wildman–Crippen LogP) is 3.44. The minimum Gasteiger partial charge on any atom is -0.378 e. The number of nitrogens with zero attached hydrogens (tertiary/aromatic N) is 4. The van der Waals surface area contributed by atoms with Crippen molar-refractivity contribution in [1.29, 1.82) is 0 Å². The van der Waals surface area contributed by atoms with E-state index in [0.29, 0.717) is 42.5 Å². The molecule has 1 aliphatic carbocycles. The van der Waals surface area contributed by atoms with Crippen LogP contribution in [-0.2, 0) is 11.2 Å². The molecule has 0 aliphatic heterocycles. The molecule has 0 spiro atoms. The van der Waals surface area contributed by atoms with Crippen molar-refractivity contribution < 1.29 is 9.26 Å². The van der Waals surface area contributed by atoms with Gasteiger partial charge in [0.05, 0.1) is 6.10 Å². The second-order valence-corrected chi connectivity index (χ2v) is 7.95. The summed E-state index contributed by atoms with van der Waals surface area (Å²) in [6, 6.07) is 5.93. The number of pyridine rings is 1. The first-order chi connectivity index (χ1) is 14.0. The Morgan fingerprint density at radius 1 is 1.37 bits per heavy atom. The largest absolute Gasteiger partial charge is 0.378 e. The molecular formula is C21H33IN6O2. The Hall–Kier alpha value is -1.75. The lowest BCUT2D eigenvalue weighted by molar-refractivity contribution is -0.113. The molecule has 1 saturated carbocycles. The normalized spacial score (nSPS) is 20.2. The minimum absolute atomic E-state index is 0. The van der Waals surface area contributed by atoms with Crippen LogP contribution in [0.2, 0.25) is 0 Å². The summed E-state index contributed by atoms with van der Waals surface area (Å²) in [7, 11) is 1.78. The number of rotatable bonds is 9. The smallest absolute Gasteiger partial charge is 0.276 e. The summed E-state index contributed by atoms with van der Waals surface area (Å²) >= 11 is 0. The van der Waals surface area contributed by atoms with Crippen LogP contribution < -0.4 is 10.6 Å². The number of nitrogens with one attached hydrogen (secondary N) is 2. The Labute approximate surface area is 195 Å². The van der Waals surface area contributed by atoms with Crippen molar-refractivity contribution >= 4 is 29.9 Å². The van der Waals surface area contributed by atoms with Gasteiger partial charge in [-0.15, -0.1) is 24.0 Å². The van der Waals surface area contributed by atoms with Gasteiger partial charge < -0.3 is 19.9 Å². The Morgan fingerprint density at radius 3 is 2.87 bits per heavy atom. The highest BCUT2D eigenvalue weighted by molar-refractivity contribution is 14.0. The molecule has 2 unspecified atom stereocenters. The van der Waals surface area contributed by atoms with Crippen molar-refractivity contribution in [1.82, 2.24) is 25.8 Å². The standard InChI is InChI=1S/C21H32N6O2.HI/c1-5-6-13-28-17-14-16(21(17,2)3)25-20(22-4)24-12-10-18-26-19(29-27-18)15-9-7-8-11-23-15;/h7-9,11,16-17H,5-6,10,12-14H2,1-4H3,(H2,22,24,25);1H. The zero-order valence-corrected chi connectivity index (χ0v) is 20.6. The lowest BCUT2D eigenvalue weighted by atomic mass is 9.64. The van der Waals surface area contributed by atoms with Gasteiger partial charge in [0, 0.05) is 44.3 Å². The third-order valence-electron chi connectivity index (χ3n) is 5.52. The Kier molecular flexibility index (Phi) is 9.47. The summed E-state index contributed by atoms with van der Waals surface area (Å²) in [5.74, 6) is 1.86. The molecule has 0 aromatic carbocycles. The molecule has 166 valence electrons. The zero-order valence-electron chi connectivity index (χ0n) is 18.2. The van der Waals surface area contributed by atoms with E-state index in [-0.39, 0.29) is 29.4 Å². The third kappa shape index (κ3) is 6.13. The fraction of sp³-hybridized carbons (Fsp3) is 0.619. The third-order valence-corrected chi connectivity index (χ3v) is 5.52. The molecule has 2 atom stereocenters. The van der Waals surface area contributed by atoms with Gasteiger partial charge in [-0.25, -0.2) is 0 Å². The van der Waals surface area contributed by atoms with Crippen molar-refractivity contribution in [3.8, 4) is 11.6 Å². The van der Waals surface area contributed by atoms with Gasteiger partial charge in [0.25, 0.3) is 5.89 Å². The van der Waals surface area contributed by atoms with Gasteiger partial charge in [-0.2, -0.15) is 4.98 Å². The molecule has 2 heterocycles. The average Bonchev–Trinajstić information content (AvgIpc) is 3.21. The van der Waals surface area contributed by atoms with E-state index in [1.165, 1.54) is 0 Å². The fourth-order valence-electron chi connectivity index (χ4n) is 3.38. The second-order valence-electron chi connectivity index (χ2n) is 7.95. The number of unbranched alkanes of at least 4 members (excludes halogenated alkanes) is 1. The van der Waals surface area contributed by atoms with Crippen molar-refractivity contribution in [2.24, 2.45) is 10.4 Å². The van der Waals surface area contributed by atoms with Gasteiger partial charge in [-0.05, 0) is 25.0 Å². The molecule has 0 saturated heterocycles. The molecule has 0 radical (unpaired) electrons. The lowest BCUT2D eigenvalue weighted by Crippen LogP contribution is -2.63. The monoisotopic (exact) mass is 528 g/mol. The topological polar surface area (TPSA) is 97.5 Å². The highest BCUT2D eigenvalue weighted by Gasteiger charge is 2.49. The summed E-state index contributed by atoms with van der Waals surface area (Å²) in [6.45, 7) is 8.18. The molecular weight excluding hydrogens is 495 g/mol. The number of guanidine groups is 1. The van der Waals surface area contributed by atoms with E-state index in [4.69, 9.17) is 9.26 Å². The number of ether oxygens (including phenoxy) is 1. The molecule has 2 aromatic rings. The van der Waals surface area contributed by atoms with E-state index in [1.807, 2.05) is 18.2 Å². The van der Waals surface area contributed by atoms with Crippen LogP contribution in [-0.4, -0.2) is 53.4 Å². The van der Waals surface area contributed by atoms with Crippen molar-refractivity contribution in [3.05, 3.63) is 30.2 Å². The Morgan fingerprint density at radius 2 is 2.20 bits per heavy atom. The Bertz CT molecular complexity index is 796. The van der Waals surface area contributed by atoms with Gasteiger partial charge >= 0.3 is 0 Å². The van der Waals surface area contributed by atoms with Crippen LogP contribution in [0.5, 0.6) is 0 Å². The van der Waals surface area contributed by atoms with Crippen LogP contribution in [0.3, 0.4) is 0 Å². The van der Waals surface area contributed by atoms with Gasteiger partial charge in [-0.1, -0.05) is 38.4 Å². The van der Waals surface area contributed by atoms with E-state index in [2.05, 4.69) is 51.5 Å². The van der Waals surface area contributed by atoms with Crippen molar-refractivity contribution in [2.45, 2.75) is 58.6 Å². The molecule has 0 amide bonds. The van der Waals surface area contributed by atoms with Gasteiger partial charge in [0.2, 0.25) is 0 Å². The number of halogens is 1. The molecule has 30 heavy (non-hydrogen) atoms. The number of aliphatic imine (C=N–C) groups is 1. The van der Waals surface area contributed by atoms with E-state index in [1.54, 1.807) is 13.2 Å². The summed E-state index contributed by atoms with van der Waals surface area (Å²) in [4.78, 5) is 13.0. The summed E-state index contributed by atoms with van der Waals surface area (Å²) in [5, 5.41) is 10.9. The molecule has 2 N–H and O–H groups in total. The van der Waals surface area contributed by atoms with Crippen LogP contribution in [0.15, 0.2) is 33.9 Å². The number of hydrogen-bond donors (Lipinski definition) is 2. The second kappa shape index (κ2) is 11.6. The first-order valence-electron chi connectivity index (χ1n) is 10.4. The first-order valence-corrected chi connectivity index (χ1v) is 10.4. The molecule has 1 aliphatic rings. The van der Waals surface area contributed by atoms with E-state index in [9.17, 15) is 0 Å². The van der Waals surface area contributed by atoms with Crippen LogP contribution in [0.4, 0.5) is 0 Å². The van der Waals surface area contributed by atoms with E-state index >= 15 is 0 Å². The van der Waals surface area contributed by atoms with Crippen LogP contribution >= 0.6 is 24.0 Å². The van der Waals surface area contributed by atoms with E-state index < -0.39 is 0 Å². The highest BCUT2D eigenvalue weighted by atomic mass is 127. The summed E-state index contributed by atoms with van der Waals surface area (Å²) in [6.07, 6.45) is 5.91. The summed E-state index contributed by atoms with van der Waals surface area (Å²) < 4.78 is 11.3. The molecule has 3 rings (SSSR count). The molecule has 1 fully saturated rings. The van der Waals surface area contributed by atoms with E-state index in [0.717, 1.165) is 31.8 Å². The quantitative estimate of drug-likeness (QED) is 0.223. The number of hydrogen-bond acceptors (Lipinski definition) is 6. The van der Waals surface area contributed by atoms with Gasteiger partial charge in [0.15, 0.2) is 11.8 Å². The average molecular weight is 528 g/mol. The maximum Gasteiger partial charge on any atom is 0.276 e. The first kappa shape index (κ1) is 24.5. The maximum absolute atomic E-state index is 6.02.